The van der Waals surface area contributed by atoms with E-state index in [4.69, 9.17) is 9.47 Å². The van der Waals surface area contributed by atoms with E-state index in [1.165, 1.54) is 16.3 Å². The fourth-order valence-electron chi connectivity index (χ4n) is 3.00. The Morgan fingerprint density at radius 3 is 2.70 bits per heavy atom. The number of ether oxygens (including phenoxy) is 2. The van der Waals surface area contributed by atoms with Crippen LogP contribution >= 0.6 is 0 Å². The van der Waals surface area contributed by atoms with Crippen LogP contribution in [-0.2, 0) is 14.3 Å². The van der Waals surface area contributed by atoms with Gasteiger partial charge in [-0.15, -0.1) is 0 Å². The molecule has 122 valence electrons. The van der Waals surface area contributed by atoms with Crippen molar-refractivity contribution in [1.82, 2.24) is 0 Å². The average molecular weight is 312 g/mol. The molecule has 3 heteroatoms. The SMILES string of the molecule is CCC(CC(C)C(=O)OCC1CO1)c1ccc2ccccc2c1. The first kappa shape index (κ1) is 16.0. The van der Waals surface area contributed by atoms with Crippen LogP contribution in [0.1, 0.15) is 38.2 Å². The first-order valence-electron chi connectivity index (χ1n) is 8.44. The first-order valence-corrected chi connectivity index (χ1v) is 8.44. The van der Waals surface area contributed by atoms with E-state index in [0.29, 0.717) is 12.5 Å². The Morgan fingerprint density at radius 2 is 2.00 bits per heavy atom. The Morgan fingerprint density at radius 1 is 1.26 bits per heavy atom. The van der Waals surface area contributed by atoms with Crippen molar-refractivity contribution >= 4 is 16.7 Å². The van der Waals surface area contributed by atoms with Crippen molar-refractivity contribution in [2.24, 2.45) is 5.92 Å². The molecule has 3 atom stereocenters. The van der Waals surface area contributed by atoms with Gasteiger partial charge in [0.25, 0.3) is 0 Å². The molecule has 1 aliphatic rings. The Kier molecular flexibility index (Phi) is 4.97. The summed E-state index contributed by atoms with van der Waals surface area (Å²) in [6.45, 7) is 5.25. The summed E-state index contributed by atoms with van der Waals surface area (Å²) in [5.74, 6) is 0.171. The van der Waals surface area contributed by atoms with Gasteiger partial charge in [0.15, 0.2) is 0 Å². The van der Waals surface area contributed by atoms with E-state index < -0.39 is 0 Å². The fraction of sp³-hybridized carbons (Fsp3) is 0.450. The predicted molar refractivity (Wildman–Crippen MR) is 91.5 cm³/mol. The second-order valence-electron chi connectivity index (χ2n) is 6.43. The van der Waals surface area contributed by atoms with E-state index in [9.17, 15) is 4.79 Å². The molecule has 0 amide bonds. The van der Waals surface area contributed by atoms with Crippen molar-refractivity contribution in [3.8, 4) is 0 Å². The minimum absolute atomic E-state index is 0.0924. The molecule has 1 aliphatic heterocycles. The number of rotatable bonds is 7. The topological polar surface area (TPSA) is 38.8 Å². The molecule has 0 spiro atoms. The normalized spacial score (nSPS) is 19.3. The van der Waals surface area contributed by atoms with Crippen LogP contribution in [0.2, 0.25) is 0 Å². The van der Waals surface area contributed by atoms with Gasteiger partial charge in [0.2, 0.25) is 0 Å². The second-order valence-corrected chi connectivity index (χ2v) is 6.43. The van der Waals surface area contributed by atoms with Crippen molar-refractivity contribution in [2.75, 3.05) is 13.2 Å². The third-order valence-electron chi connectivity index (χ3n) is 4.59. The van der Waals surface area contributed by atoms with Gasteiger partial charge in [-0.3, -0.25) is 4.79 Å². The van der Waals surface area contributed by atoms with E-state index in [-0.39, 0.29) is 18.0 Å². The van der Waals surface area contributed by atoms with Gasteiger partial charge in [0.1, 0.15) is 12.7 Å². The van der Waals surface area contributed by atoms with Crippen LogP contribution < -0.4 is 0 Å². The molecule has 0 N–H and O–H groups in total. The summed E-state index contributed by atoms with van der Waals surface area (Å²) in [6.07, 6.45) is 1.97. The third kappa shape index (κ3) is 4.11. The summed E-state index contributed by atoms with van der Waals surface area (Å²) in [5.41, 5.74) is 1.30. The number of hydrogen-bond acceptors (Lipinski definition) is 3. The molecular weight excluding hydrogens is 288 g/mol. The van der Waals surface area contributed by atoms with Gasteiger partial charge in [-0.25, -0.2) is 0 Å². The Balaban J connectivity index is 1.66. The maximum absolute atomic E-state index is 12.1. The molecule has 0 radical (unpaired) electrons. The Labute approximate surface area is 137 Å². The highest BCUT2D eigenvalue weighted by Gasteiger charge is 2.26. The zero-order valence-electron chi connectivity index (χ0n) is 13.8. The first-order chi connectivity index (χ1) is 11.2. The van der Waals surface area contributed by atoms with Gasteiger partial charge >= 0.3 is 5.97 Å². The molecule has 2 aromatic carbocycles. The number of esters is 1. The van der Waals surface area contributed by atoms with Crippen LogP contribution in [0.3, 0.4) is 0 Å². The van der Waals surface area contributed by atoms with Crippen LogP contribution in [0.4, 0.5) is 0 Å². The molecule has 0 aliphatic carbocycles. The molecule has 3 nitrogen and oxygen atoms in total. The zero-order chi connectivity index (χ0) is 16.2. The summed E-state index contributed by atoms with van der Waals surface area (Å²) < 4.78 is 10.4. The highest BCUT2D eigenvalue weighted by atomic mass is 16.6. The average Bonchev–Trinajstić information content (AvgIpc) is 3.41. The lowest BCUT2D eigenvalue weighted by Gasteiger charge is -2.20. The van der Waals surface area contributed by atoms with Crippen LogP contribution in [0.15, 0.2) is 42.5 Å². The largest absolute Gasteiger partial charge is 0.463 e. The van der Waals surface area contributed by atoms with E-state index >= 15 is 0 Å². The second kappa shape index (κ2) is 7.14. The molecule has 0 bridgehead atoms. The van der Waals surface area contributed by atoms with Crippen LogP contribution in [-0.4, -0.2) is 25.3 Å². The minimum atomic E-state index is -0.111. The molecule has 23 heavy (non-hydrogen) atoms. The lowest BCUT2D eigenvalue weighted by atomic mass is 9.86. The number of fused-ring (bicyclic) bond motifs is 1. The van der Waals surface area contributed by atoms with E-state index in [0.717, 1.165) is 19.4 Å². The maximum Gasteiger partial charge on any atom is 0.308 e. The number of epoxide rings is 1. The number of carbonyl (C=O) groups excluding carboxylic acids is 1. The summed E-state index contributed by atoms with van der Waals surface area (Å²) in [6, 6.07) is 15.0. The standard InChI is InChI=1S/C20H24O3/c1-3-15(10-14(2)20(21)23-13-19-12-22-19)18-9-8-16-6-4-5-7-17(16)11-18/h4-9,11,14-15,19H,3,10,12-13H2,1-2H3. The van der Waals surface area contributed by atoms with Crippen LogP contribution in [0.25, 0.3) is 10.8 Å². The van der Waals surface area contributed by atoms with Gasteiger partial charge in [-0.05, 0) is 35.1 Å². The molecule has 1 heterocycles. The highest BCUT2D eigenvalue weighted by Crippen LogP contribution is 2.30. The molecule has 2 aromatic rings. The molecule has 1 saturated heterocycles. The van der Waals surface area contributed by atoms with Gasteiger partial charge in [0, 0.05) is 0 Å². The fourth-order valence-corrected chi connectivity index (χ4v) is 3.00. The number of hydrogen-bond donors (Lipinski definition) is 0. The smallest absolute Gasteiger partial charge is 0.308 e. The van der Waals surface area contributed by atoms with Gasteiger partial charge in [0.05, 0.1) is 12.5 Å². The van der Waals surface area contributed by atoms with Crippen molar-refractivity contribution in [2.45, 2.75) is 38.7 Å². The molecule has 3 rings (SSSR count). The lowest BCUT2D eigenvalue weighted by Crippen LogP contribution is -2.19. The summed E-state index contributed by atoms with van der Waals surface area (Å²) in [7, 11) is 0. The Bertz CT molecular complexity index is 675. The summed E-state index contributed by atoms with van der Waals surface area (Å²) >= 11 is 0. The Hall–Kier alpha value is -1.87. The summed E-state index contributed by atoms with van der Waals surface area (Å²) in [4.78, 5) is 12.1. The van der Waals surface area contributed by atoms with Crippen molar-refractivity contribution in [3.05, 3.63) is 48.0 Å². The third-order valence-corrected chi connectivity index (χ3v) is 4.59. The molecule has 3 unspecified atom stereocenters. The van der Waals surface area contributed by atoms with Gasteiger partial charge in [-0.1, -0.05) is 56.3 Å². The van der Waals surface area contributed by atoms with Crippen molar-refractivity contribution in [3.63, 3.8) is 0 Å². The zero-order valence-corrected chi connectivity index (χ0v) is 13.8. The molecule has 0 saturated carbocycles. The predicted octanol–water partition coefficient (Wildman–Crippen LogP) is 4.30. The number of benzene rings is 2. The lowest BCUT2D eigenvalue weighted by molar-refractivity contribution is -0.148. The van der Waals surface area contributed by atoms with E-state index in [1.807, 2.05) is 6.92 Å². The minimum Gasteiger partial charge on any atom is -0.463 e. The highest BCUT2D eigenvalue weighted by molar-refractivity contribution is 5.83. The van der Waals surface area contributed by atoms with Gasteiger partial charge in [-0.2, -0.15) is 0 Å². The van der Waals surface area contributed by atoms with Crippen molar-refractivity contribution < 1.29 is 14.3 Å². The van der Waals surface area contributed by atoms with E-state index in [2.05, 4.69) is 49.4 Å². The molecule has 0 aromatic heterocycles. The monoisotopic (exact) mass is 312 g/mol. The van der Waals surface area contributed by atoms with E-state index in [1.54, 1.807) is 0 Å². The van der Waals surface area contributed by atoms with Crippen LogP contribution in [0.5, 0.6) is 0 Å². The van der Waals surface area contributed by atoms with Crippen LogP contribution in [0, 0.1) is 5.92 Å². The van der Waals surface area contributed by atoms with Gasteiger partial charge < -0.3 is 9.47 Å². The number of carbonyl (C=O) groups is 1. The van der Waals surface area contributed by atoms with Crippen molar-refractivity contribution in [1.29, 1.82) is 0 Å². The molecular formula is C20H24O3. The molecule has 1 fully saturated rings. The maximum atomic E-state index is 12.1. The summed E-state index contributed by atoms with van der Waals surface area (Å²) in [5, 5.41) is 2.51. The quantitative estimate of drug-likeness (QED) is 0.565.